The van der Waals surface area contributed by atoms with Crippen LogP contribution in [0, 0.1) is 0 Å². The number of halogens is 3. The van der Waals surface area contributed by atoms with Gasteiger partial charge in [0.25, 0.3) is 15.0 Å². The van der Waals surface area contributed by atoms with Crippen molar-refractivity contribution in [2.75, 3.05) is 5.32 Å². The SMILES string of the molecule is O=C(Nc1ccc(S(=O)(=O)Cl)c(Cl)c1)c1ccc(Br)cc1. The minimum absolute atomic E-state index is 0.0568. The van der Waals surface area contributed by atoms with Crippen molar-refractivity contribution >= 4 is 58.9 Å². The molecule has 0 spiro atoms. The van der Waals surface area contributed by atoms with Crippen LogP contribution in [0.1, 0.15) is 10.4 Å². The number of nitrogens with one attached hydrogen (secondary N) is 1. The monoisotopic (exact) mass is 407 g/mol. The molecule has 1 N–H and O–H groups in total. The van der Waals surface area contributed by atoms with Gasteiger partial charge in [0.2, 0.25) is 0 Å². The lowest BCUT2D eigenvalue weighted by Crippen LogP contribution is -2.11. The molecule has 2 rings (SSSR count). The minimum Gasteiger partial charge on any atom is -0.322 e. The molecule has 0 bridgehead atoms. The van der Waals surface area contributed by atoms with Crippen LogP contribution in [-0.4, -0.2) is 14.3 Å². The highest BCUT2D eigenvalue weighted by molar-refractivity contribution is 9.10. The van der Waals surface area contributed by atoms with E-state index in [0.29, 0.717) is 11.3 Å². The third-order valence-electron chi connectivity index (χ3n) is 2.56. The lowest BCUT2D eigenvalue weighted by atomic mass is 10.2. The van der Waals surface area contributed by atoms with Gasteiger partial charge in [-0.15, -0.1) is 0 Å². The number of hydrogen-bond acceptors (Lipinski definition) is 3. The normalized spacial score (nSPS) is 11.2. The quantitative estimate of drug-likeness (QED) is 0.770. The maximum absolute atomic E-state index is 12.0. The summed E-state index contributed by atoms with van der Waals surface area (Å²) in [5.41, 5.74) is 0.834. The Morgan fingerprint density at radius 2 is 1.71 bits per heavy atom. The van der Waals surface area contributed by atoms with Gasteiger partial charge < -0.3 is 5.32 Å². The average molecular weight is 409 g/mol. The zero-order chi connectivity index (χ0) is 15.6. The second-order valence-electron chi connectivity index (χ2n) is 4.04. The zero-order valence-corrected chi connectivity index (χ0v) is 14.2. The van der Waals surface area contributed by atoms with Gasteiger partial charge >= 0.3 is 0 Å². The first-order valence-electron chi connectivity index (χ1n) is 5.58. The van der Waals surface area contributed by atoms with E-state index in [1.54, 1.807) is 24.3 Å². The smallest absolute Gasteiger partial charge is 0.262 e. The first kappa shape index (κ1) is 16.3. The highest BCUT2D eigenvalue weighted by Gasteiger charge is 2.15. The van der Waals surface area contributed by atoms with E-state index in [9.17, 15) is 13.2 Å². The molecule has 2 aromatic rings. The first-order valence-corrected chi connectivity index (χ1v) is 9.06. The number of amides is 1. The molecule has 0 heterocycles. The third-order valence-corrected chi connectivity index (χ3v) is 4.89. The molecule has 0 atom stereocenters. The summed E-state index contributed by atoms with van der Waals surface area (Å²) in [7, 11) is 1.32. The molecule has 110 valence electrons. The minimum atomic E-state index is -3.91. The van der Waals surface area contributed by atoms with Crippen molar-refractivity contribution in [2.45, 2.75) is 4.90 Å². The Morgan fingerprint density at radius 3 is 2.24 bits per heavy atom. The number of benzene rings is 2. The molecule has 4 nitrogen and oxygen atoms in total. The molecule has 0 aliphatic rings. The van der Waals surface area contributed by atoms with Crippen molar-refractivity contribution in [3.05, 3.63) is 57.5 Å². The van der Waals surface area contributed by atoms with Crippen molar-refractivity contribution in [1.29, 1.82) is 0 Å². The maximum atomic E-state index is 12.0. The van der Waals surface area contributed by atoms with E-state index < -0.39 is 9.05 Å². The molecular formula is C13H8BrCl2NO3S. The van der Waals surface area contributed by atoms with E-state index in [2.05, 4.69) is 21.2 Å². The molecule has 0 saturated carbocycles. The summed E-state index contributed by atoms with van der Waals surface area (Å²) in [6.07, 6.45) is 0. The van der Waals surface area contributed by atoms with Gasteiger partial charge in [0.1, 0.15) is 4.90 Å². The van der Waals surface area contributed by atoms with Crippen LogP contribution >= 0.6 is 38.2 Å². The summed E-state index contributed by atoms with van der Waals surface area (Å²) < 4.78 is 23.3. The Labute approximate surface area is 139 Å². The molecule has 0 fully saturated rings. The van der Waals surface area contributed by atoms with Crippen LogP contribution in [0.25, 0.3) is 0 Å². The van der Waals surface area contributed by atoms with Crippen LogP contribution in [0.3, 0.4) is 0 Å². The summed E-state index contributed by atoms with van der Waals surface area (Å²) >= 11 is 9.12. The molecule has 8 heteroatoms. The van der Waals surface area contributed by atoms with Crippen LogP contribution in [0.2, 0.25) is 5.02 Å². The van der Waals surface area contributed by atoms with Gasteiger partial charge in [0, 0.05) is 26.4 Å². The molecule has 0 radical (unpaired) electrons. The Bertz CT molecular complexity index is 792. The molecule has 0 aromatic heterocycles. The van der Waals surface area contributed by atoms with Gasteiger partial charge in [-0.2, -0.15) is 0 Å². The predicted octanol–water partition coefficient (Wildman–Crippen LogP) is 4.28. The van der Waals surface area contributed by atoms with E-state index in [0.717, 1.165) is 4.47 Å². The number of anilines is 1. The topological polar surface area (TPSA) is 63.2 Å². The Morgan fingerprint density at radius 1 is 1.10 bits per heavy atom. The Kier molecular flexibility index (Phi) is 4.93. The van der Waals surface area contributed by atoms with Crippen LogP contribution in [0.5, 0.6) is 0 Å². The van der Waals surface area contributed by atoms with Crippen LogP contribution < -0.4 is 5.32 Å². The number of rotatable bonds is 3. The maximum Gasteiger partial charge on any atom is 0.262 e. The predicted molar refractivity (Wildman–Crippen MR) is 86.6 cm³/mol. The summed E-state index contributed by atoms with van der Waals surface area (Å²) in [5, 5.41) is 2.56. The van der Waals surface area contributed by atoms with E-state index in [-0.39, 0.29) is 15.8 Å². The van der Waals surface area contributed by atoms with Gasteiger partial charge in [-0.3, -0.25) is 4.79 Å². The highest BCUT2D eigenvalue weighted by atomic mass is 79.9. The molecular weight excluding hydrogens is 401 g/mol. The molecule has 1 amide bonds. The van der Waals surface area contributed by atoms with Gasteiger partial charge in [-0.1, -0.05) is 27.5 Å². The molecule has 21 heavy (non-hydrogen) atoms. The summed E-state index contributed by atoms with van der Waals surface area (Å²) in [4.78, 5) is 11.8. The standard InChI is InChI=1S/C13H8BrCl2NO3S/c14-9-3-1-8(2-4-9)13(18)17-10-5-6-12(11(15)7-10)21(16,19)20/h1-7H,(H,17,18). The Hall–Kier alpha value is -1.08. The summed E-state index contributed by atoms with van der Waals surface area (Å²) in [6, 6.07) is 10.8. The zero-order valence-electron chi connectivity index (χ0n) is 10.3. The molecule has 0 saturated heterocycles. The third kappa shape index (κ3) is 4.20. The van der Waals surface area contributed by atoms with Crippen molar-refractivity contribution < 1.29 is 13.2 Å². The number of carbonyl (C=O) groups is 1. The second kappa shape index (κ2) is 6.36. The van der Waals surface area contributed by atoms with Gasteiger partial charge in [-0.05, 0) is 42.5 Å². The van der Waals surface area contributed by atoms with Crippen LogP contribution in [-0.2, 0) is 9.05 Å². The van der Waals surface area contributed by atoms with Gasteiger partial charge in [0.05, 0.1) is 5.02 Å². The van der Waals surface area contributed by atoms with Crippen molar-refractivity contribution in [1.82, 2.24) is 0 Å². The molecule has 2 aromatic carbocycles. The summed E-state index contributed by atoms with van der Waals surface area (Å²) in [6.45, 7) is 0. The van der Waals surface area contributed by atoms with E-state index in [1.165, 1.54) is 18.2 Å². The highest BCUT2D eigenvalue weighted by Crippen LogP contribution is 2.27. The first-order chi connectivity index (χ1) is 9.77. The van der Waals surface area contributed by atoms with Gasteiger partial charge in [-0.25, -0.2) is 8.42 Å². The van der Waals surface area contributed by atoms with Crippen molar-refractivity contribution in [3.63, 3.8) is 0 Å². The lowest BCUT2D eigenvalue weighted by Gasteiger charge is -2.07. The van der Waals surface area contributed by atoms with E-state index in [4.69, 9.17) is 22.3 Å². The lowest BCUT2D eigenvalue weighted by molar-refractivity contribution is 0.102. The van der Waals surface area contributed by atoms with Crippen molar-refractivity contribution in [2.24, 2.45) is 0 Å². The van der Waals surface area contributed by atoms with Gasteiger partial charge in [0.15, 0.2) is 0 Å². The number of hydrogen-bond donors (Lipinski definition) is 1. The van der Waals surface area contributed by atoms with E-state index in [1.807, 2.05) is 0 Å². The van der Waals surface area contributed by atoms with Crippen LogP contribution in [0.4, 0.5) is 5.69 Å². The van der Waals surface area contributed by atoms with Crippen molar-refractivity contribution in [3.8, 4) is 0 Å². The second-order valence-corrected chi connectivity index (χ2v) is 7.90. The van der Waals surface area contributed by atoms with Crippen LogP contribution in [0.15, 0.2) is 51.8 Å². The molecule has 0 aliphatic heterocycles. The Balaban J connectivity index is 2.22. The fraction of sp³-hybridized carbons (Fsp3) is 0. The largest absolute Gasteiger partial charge is 0.322 e. The average Bonchev–Trinajstić information content (AvgIpc) is 2.37. The van der Waals surface area contributed by atoms with E-state index >= 15 is 0 Å². The molecule has 0 unspecified atom stereocenters. The summed E-state index contributed by atoms with van der Waals surface area (Å²) in [5.74, 6) is -0.333. The molecule has 0 aliphatic carbocycles. The fourth-order valence-corrected chi connectivity index (χ4v) is 3.38. The fourth-order valence-electron chi connectivity index (χ4n) is 1.58. The number of carbonyl (C=O) groups excluding carboxylic acids is 1.